The normalized spacial score (nSPS) is 13.5. The van der Waals surface area contributed by atoms with Crippen molar-refractivity contribution in [2.24, 2.45) is 0 Å². The molecule has 6 nitrogen and oxygen atoms in total. The monoisotopic (exact) mass is 879 g/mol. The Labute approximate surface area is 390 Å². The zero-order valence-electron chi connectivity index (χ0n) is 40.2. The molecule has 0 amide bonds. The summed E-state index contributed by atoms with van der Waals surface area (Å²) in [5.41, 5.74) is 0. The second kappa shape index (κ2) is 50.7. The summed E-state index contributed by atoms with van der Waals surface area (Å²) in [6.45, 7) is 6.17. The second-order valence-corrected chi connectivity index (χ2v) is 15.6. The summed E-state index contributed by atoms with van der Waals surface area (Å²) in [6.07, 6.45) is 73.7. The van der Waals surface area contributed by atoms with Crippen molar-refractivity contribution in [2.75, 3.05) is 13.2 Å². The van der Waals surface area contributed by atoms with Crippen molar-refractivity contribution in [3.8, 4) is 0 Å². The Morgan fingerprint density at radius 1 is 0.328 bits per heavy atom. The molecule has 0 fully saturated rings. The van der Waals surface area contributed by atoms with Gasteiger partial charge < -0.3 is 14.2 Å². The van der Waals surface area contributed by atoms with Gasteiger partial charge >= 0.3 is 17.9 Å². The van der Waals surface area contributed by atoms with E-state index in [9.17, 15) is 14.4 Å². The van der Waals surface area contributed by atoms with E-state index in [1.54, 1.807) is 0 Å². The third-order valence-corrected chi connectivity index (χ3v) is 9.56. The molecule has 1 atom stereocenters. The molecule has 6 heteroatoms. The molecule has 0 aromatic rings. The lowest BCUT2D eigenvalue weighted by Gasteiger charge is -2.18. The summed E-state index contributed by atoms with van der Waals surface area (Å²) >= 11 is 0. The minimum atomic E-state index is -0.837. The average Bonchev–Trinajstić information content (AvgIpc) is 3.29. The highest BCUT2D eigenvalue weighted by Gasteiger charge is 2.19. The van der Waals surface area contributed by atoms with Crippen molar-refractivity contribution < 1.29 is 28.6 Å². The minimum absolute atomic E-state index is 0.131. The fourth-order valence-electron chi connectivity index (χ4n) is 5.90. The quantitative estimate of drug-likeness (QED) is 0.0263. The fourth-order valence-corrected chi connectivity index (χ4v) is 5.90. The van der Waals surface area contributed by atoms with Crippen LogP contribution in [-0.2, 0) is 28.6 Å². The zero-order chi connectivity index (χ0) is 46.5. The lowest BCUT2D eigenvalue weighted by molar-refractivity contribution is -0.167. The third kappa shape index (κ3) is 48.1. The fraction of sp³-hybridized carbons (Fsp3) is 0.500. The molecule has 0 aliphatic rings. The molecule has 0 rings (SSSR count). The van der Waals surface area contributed by atoms with E-state index in [0.717, 1.165) is 103 Å². The van der Waals surface area contributed by atoms with Crippen LogP contribution < -0.4 is 0 Å². The Morgan fingerprint density at radius 3 is 1.02 bits per heavy atom. The average molecular weight is 879 g/mol. The number of hydrogen-bond donors (Lipinski definition) is 0. The first-order chi connectivity index (χ1) is 31.5. The molecule has 0 saturated heterocycles. The summed E-state index contributed by atoms with van der Waals surface area (Å²) in [6, 6.07) is 0. The molecular weight excluding hydrogens is 793 g/mol. The van der Waals surface area contributed by atoms with Gasteiger partial charge in [0.05, 0.1) is 0 Å². The number of carbonyl (C=O) groups excluding carboxylic acids is 3. The van der Waals surface area contributed by atoms with Gasteiger partial charge in [-0.25, -0.2) is 0 Å². The van der Waals surface area contributed by atoms with Gasteiger partial charge in [-0.05, 0) is 77.0 Å². The SMILES string of the molecule is CC/C=C/C=C/C=C/C=C/C=C/CCCC(=O)OCC(COC(=O)CCCCCCC/C=C/C=C/C=C/C=C/CCCCC)OC(=O)CCCCCCC/C=C/C=C/C=C/C=C/CC. The topological polar surface area (TPSA) is 78.9 Å². The van der Waals surface area contributed by atoms with Crippen LogP contribution in [-0.4, -0.2) is 37.2 Å². The van der Waals surface area contributed by atoms with Gasteiger partial charge in [-0.3, -0.25) is 14.4 Å². The summed E-state index contributed by atoms with van der Waals surface area (Å²) in [7, 11) is 0. The van der Waals surface area contributed by atoms with E-state index in [1.165, 1.54) is 19.3 Å². The number of allylic oxidation sites excluding steroid dienone is 26. The van der Waals surface area contributed by atoms with Crippen LogP contribution in [0.2, 0.25) is 0 Å². The van der Waals surface area contributed by atoms with Crippen LogP contribution in [0.3, 0.4) is 0 Å². The summed E-state index contributed by atoms with van der Waals surface area (Å²) in [5.74, 6) is -1.07. The lowest BCUT2D eigenvalue weighted by Crippen LogP contribution is -2.30. The number of esters is 3. The Hall–Kier alpha value is -4.97. The van der Waals surface area contributed by atoms with Crippen molar-refractivity contribution in [1.29, 1.82) is 0 Å². The van der Waals surface area contributed by atoms with Crippen LogP contribution in [0.5, 0.6) is 0 Å². The van der Waals surface area contributed by atoms with E-state index in [1.807, 2.05) is 79.0 Å². The maximum Gasteiger partial charge on any atom is 0.306 e. The van der Waals surface area contributed by atoms with Gasteiger partial charge in [0.1, 0.15) is 13.2 Å². The summed E-state index contributed by atoms with van der Waals surface area (Å²) < 4.78 is 16.7. The number of carbonyl (C=O) groups is 3. The highest BCUT2D eigenvalue weighted by Crippen LogP contribution is 2.12. The van der Waals surface area contributed by atoms with Gasteiger partial charge in [-0.15, -0.1) is 0 Å². The van der Waals surface area contributed by atoms with Crippen molar-refractivity contribution in [1.82, 2.24) is 0 Å². The predicted molar refractivity (Wildman–Crippen MR) is 274 cm³/mol. The van der Waals surface area contributed by atoms with E-state index in [-0.39, 0.29) is 44.0 Å². The minimum Gasteiger partial charge on any atom is -0.462 e. The van der Waals surface area contributed by atoms with E-state index < -0.39 is 6.10 Å². The predicted octanol–water partition coefficient (Wildman–Crippen LogP) is 16.2. The van der Waals surface area contributed by atoms with E-state index >= 15 is 0 Å². The van der Waals surface area contributed by atoms with Gasteiger partial charge in [0.15, 0.2) is 6.10 Å². The Kier molecular flexibility index (Phi) is 46.7. The molecule has 0 aromatic carbocycles. The molecule has 0 aliphatic heterocycles. The molecule has 0 saturated carbocycles. The smallest absolute Gasteiger partial charge is 0.306 e. The van der Waals surface area contributed by atoms with Crippen molar-refractivity contribution in [3.63, 3.8) is 0 Å². The van der Waals surface area contributed by atoms with Crippen LogP contribution in [0.1, 0.15) is 168 Å². The van der Waals surface area contributed by atoms with Crippen LogP contribution in [0.15, 0.2) is 158 Å². The molecule has 354 valence electrons. The Bertz CT molecular complexity index is 1520. The van der Waals surface area contributed by atoms with Crippen molar-refractivity contribution in [2.45, 2.75) is 175 Å². The third-order valence-electron chi connectivity index (χ3n) is 9.56. The number of rotatable bonds is 41. The maximum atomic E-state index is 12.8. The highest BCUT2D eigenvalue weighted by atomic mass is 16.6. The van der Waals surface area contributed by atoms with Gasteiger partial charge in [-0.2, -0.15) is 0 Å². The number of unbranched alkanes of at least 4 members (excludes halogenated alkanes) is 14. The molecule has 0 radical (unpaired) electrons. The molecule has 0 N–H and O–H groups in total. The summed E-state index contributed by atoms with van der Waals surface area (Å²) in [5, 5.41) is 0. The molecule has 0 heterocycles. The first kappa shape index (κ1) is 59.0. The van der Waals surface area contributed by atoms with E-state index in [4.69, 9.17) is 14.2 Å². The zero-order valence-corrected chi connectivity index (χ0v) is 40.2. The first-order valence-corrected chi connectivity index (χ1v) is 24.7. The van der Waals surface area contributed by atoms with Gasteiger partial charge in [0.2, 0.25) is 0 Å². The molecule has 1 unspecified atom stereocenters. The van der Waals surface area contributed by atoms with E-state index in [0.29, 0.717) is 12.8 Å². The second-order valence-electron chi connectivity index (χ2n) is 15.6. The standard InChI is InChI=1S/C58H86O6/c1-4-7-10-13-16-19-22-25-27-28-29-31-33-36-39-42-45-48-51-57(60)63-54-55(53-62-56(59)50-47-44-41-38-35-32-24-21-18-15-12-9-6-3)64-58(61)52-49-46-43-40-37-34-30-26-23-20-17-14-11-8-5-2/h8-9,11-12,14-32,35,38,41,55H,4-7,10,13,33-34,36-37,39-40,42-54H2,1-3H3/b11-8+,12-9+,17-14+,18-15+,19-16+,23-20+,24-21+,25-22+,28-27+,30-26+,31-29+,35-32+,41-38+. The van der Waals surface area contributed by atoms with Gasteiger partial charge in [-0.1, -0.05) is 230 Å². The van der Waals surface area contributed by atoms with Crippen molar-refractivity contribution in [3.05, 3.63) is 158 Å². The molecule has 0 spiro atoms. The molecular formula is C58H86O6. The number of ether oxygens (including phenoxy) is 3. The first-order valence-electron chi connectivity index (χ1n) is 24.7. The van der Waals surface area contributed by atoms with Crippen molar-refractivity contribution >= 4 is 17.9 Å². The van der Waals surface area contributed by atoms with Crippen LogP contribution in [0, 0.1) is 0 Å². The van der Waals surface area contributed by atoms with E-state index in [2.05, 4.69) is 99.8 Å². The maximum absolute atomic E-state index is 12.8. The lowest BCUT2D eigenvalue weighted by atomic mass is 10.1. The van der Waals surface area contributed by atoms with Gasteiger partial charge in [0.25, 0.3) is 0 Å². The summed E-state index contributed by atoms with van der Waals surface area (Å²) in [4.78, 5) is 37.9. The van der Waals surface area contributed by atoms with Crippen LogP contribution in [0.4, 0.5) is 0 Å². The largest absolute Gasteiger partial charge is 0.462 e. The van der Waals surface area contributed by atoms with Gasteiger partial charge in [0, 0.05) is 19.3 Å². The molecule has 0 aromatic heterocycles. The molecule has 0 bridgehead atoms. The molecule has 0 aliphatic carbocycles. The molecule has 64 heavy (non-hydrogen) atoms. The Balaban J connectivity index is 4.61. The number of hydrogen-bond acceptors (Lipinski definition) is 6. The Morgan fingerprint density at radius 2 is 0.625 bits per heavy atom. The highest BCUT2D eigenvalue weighted by molar-refractivity contribution is 5.71. The van der Waals surface area contributed by atoms with Crippen LogP contribution in [0.25, 0.3) is 0 Å². The van der Waals surface area contributed by atoms with Crippen LogP contribution >= 0.6 is 0 Å².